The highest BCUT2D eigenvalue weighted by Gasteiger charge is 2.17. The summed E-state index contributed by atoms with van der Waals surface area (Å²) < 4.78 is 29.3. The molecule has 8 nitrogen and oxygen atoms in total. The van der Waals surface area contributed by atoms with Gasteiger partial charge in [-0.25, -0.2) is 8.42 Å². The van der Waals surface area contributed by atoms with Gasteiger partial charge < -0.3 is 0 Å². The first-order valence-electron chi connectivity index (χ1n) is 10.3. The first kappa shape index (κ1) is 23.4. The Labute approximate surface area is 201 Å². The molecule has 0 radical (unpaired) electrons. The highest BCUT2D eigenvalue weighted by Crippen LogP contribution is 2.25. The molecule has 2 heterocycles. The van der Waals surface area contributed by atoms with Crippen LogP contribution < -0.4 is 4.72 Å². The van der Waals surface area contributed by atoms with Crippen LogP contribution in [0.5, 0.6) is 0 Å². The lowest BCUT2D eigenvalue weighted by atomic mass is 10.1. The molecule has 172 valence electrons. The van der Waals surface area contributed by atoms with Crippen LogP contribution in [0.3, 0.4) is 0 Å². The van der Waals surface area contributed by atoms with Gasteiger partial charge in [-0.2, -0.15) is 0 Å². The maximum absolute atomic E-state index is 12.7. The molecule has 0 aliphatic carbocycles. The molecule has 0 aliphatic heterocycles. The Hall–Kier alpha value is -3.76. The predicted octanol–water partition coefficient (Wildman–Crippen LogP) is 4.30. The maximum atomic E-state index is 12.7. The summed E-state index contributed by atoms with van der Waals surface area (Å²) in [7, 11) is -3.69. The number of hydrogen-bond donors (Lipinski definition) is 1. The lowest BCUT2D eigenvalue weighted by Gasteiger charge is -2.09. The lowest BCUT2D eigenvalue weighted by Crippen LogP contribution is -2.13. The number of sulfonamides is 1. The van der Waals surface area contributed by atoms with Crippen LogP contribution in [0, 0.1) is 0 Å². The van der Waals surface area contributed by atoms with Crippen molar-refractivity contribution in [3.63, 3.8) is 0 Å². The number of benzene rings is 2. The molecule has 4 aromatic rings. The third-order valence-electron chi connectivity index (χ3n) is 4.81. The highest BCUT2D eigenvalue weighted by atomic mass is 32.2. The first-order valence-corrected chi connectivity index (χ1v) is 12.7. The Morgan fingerprint density at radius 1 is 1.00 bits per heavy atom. The third-order valence-corrected chi connectivity index (χ3v) is 7.18. The predicted molar refractivity (Wildman–Crippen MR) is 132 cm³/mol. The summed E-state index contributed by atoms with van der Waals surface area (Å²) in [6.07, 6.45) is 5.11. The number of carbonyl (C=O) groups is 1. The van der Waals surface area contributed by atoms with Crippen molar-refractivity contribution in [1.82, 2.24) is 19.7 Å². The second kappa shape index (κ2) is 10.4. The number of hydrogen-bond acceptors (Lipinski definition) is 7. The summed E-state index contributed by atoms with van der Waals surface area (Å²) in [5, 5.41) is 9.11. The zero-order valence-electron chi connectivity index (χ0n) is 18.0. The summed E-state index contributed by atoms with van der Waals surface area (Å²) >= 11 is 1.28. The van der Waals surface area contributed by atoms with Gasteiger partial charge in [0.15, 0.2) is 16.8 Å². The van der Waals surface area contributed by atoms with E-state index in [-0.39, 0.29) is 16.4 Å². The van der Waals surface area contributed by atoms with Crippen molar-refractivity contribution in [2.24, 2.45) is 0 Å². The molecule has 0 spiro atoms. The SMILES string of the molecule is C=CCn1c(SCC(=O)c2ccc(NS(=O)(=O)c3ccccc3)cc2)nnc1-c1ccncc1. The summed E-state index contributed by atoms with van der Waals surface area (Å²) in [6, 6.07) is 18.1. The summed E-state index contributed by atoms with van der Waals surface area (Å²) in [6.45, 7) is 4.29. The van der Waals surface area contributed by atoms with Crippen LogP contribution in [0.4, 0.5) is 5.69 Å². The first-order chi connectivity index (χ1) is 16.5. The summed E-state index contributed by atoms with van der Waals surface area (Å²) in [5.74, 6) is 0.717. The minimum atomic E-state index is -3.69. The highest BCUT2D eigenvalue weighted by molar-refractivity contribution is 7.99. The monoisotopic (exact) mass is 491 g/mol. The molecule has 1 N–H and O–H groups in total. The smallest absolute Gasteiger partial charge is 0.261 e. The Bertz CT molecular complexity index is 1390. The number of pyridine rings is 1. The fraction of sp³-hybridized carbons (Fsp3) is 0.0833. The molecule has 2 aromatic carbocycles. The van der Waals surface area contributed by atoms with Crippen LogP contribution in [-0.4, -0.2) is 39.7 Å². The van der Waals surface area contributed by atoms with Crippen LogP contribution in [-0.2, 0) is 16.6 Å². The molecule has 0 saturated heterocycles. The lowest BCUT2D eigenvalue weighted by molar-refractivity contribution is 0.102. The molecule has 0 saturated carbocycles. The molecule has 4 rings (SSSR count). The molecule has 0 fully saturated rings. The minimum Gasteiger partial charge on any atom is -0.298 e. The fourth-order valence-electron chi connectivity index (χ4n) is 3.16. The van der Waals surface area contributed by atoms with Crippen molar-refractivity contribution in [3.05, 3.63) is 97.3 Å². The number of rotatable bonds is 10. The van der Waals surface area contributed by atoms with Gasteiger partial charge in [0.1, 0.15) is 0 Å². The van der Waals surface area contributed by atoms with Gasteiger partial charge in [0.05, 0.1) is 10.6 Å². The van der Waals surface area contributed by atoms with Crippen LogP contribution in [0.15, 0.2) is 102 Å². The second-order valence-electron chi connectivity index (χ2n) is 7.15. The van der Waals surface area contributed by atoms with Gasteiger partial charge >= 0.3 is 0 Å². The number of thioether (sulfide) groups is 1. The van der Waals surface area contributed by atoms with E-state index in [0.717, 1.165) is 5.56 Å². The third kappa shape index (κ3) is 5.41. The quantitative estimate of drug-likeness (QED) is 0.200. The largest absolute Gasteiger partial charge is 0.298 e. The van der Waals surface area contributed by atoms with Gasteiger partial charge in [0.25, 0.3) is 10.0 Å². The van der Waals surface area contributed by atoms with Crippen LogP contribution in [0.2, 0.25) is 0 Å². The topological polar surface area (TPSA) is 107 Å². The second-order valence-corrected chi connectivity index (χ2v) is 9.77. The Balaban J connectivity index is 1.43. The Morgan fingerprint density at radius 3 is 2.38 bits per heavy atom. The number of anilines is 1. The van der Waals surface area contributed by atoms with Crippen molar-refractivity contribution in [2.75, 3.05) is 10.5 Å². The Morgan fingerprint density at radius 2 is 1.71 bits per heavy atom. The van der Waals surface area contributed by atoms with Crippen LogP contribution in [0.25, 0.3) is 11.4 Å². The van der Waals surface area contributed by atoms with E-state index in [1.165, 1.54) is 23.9 Å². The van der Waals surface area contributed by atoms with Gasteiger partial charge in [-0.1, -0.05) is 36.0 Å². The summed E-state index contributed by atoms with van der Waals surface area (Å²) in [5.41, 5.74) is 1.72. The number of ketones is 1. The van der Waals surface area contributed by atoms with Gasteiger partial charge in [0.2, 0.25) is 0 Å². The number of nitrogens with zero attached hydrogens (tertiary/aromatic N) is 4. The van der Waals surface area contributed by atoms with E-state index >= 15 is 0 Å². The zero-order chi connectivity index (χ0) is 24.0. The van der Waals surface area contributed by atoms with E-state index in [9.17, 15) is 13.2 Å². The van der Waals surface area contributed by atoms with E-state index in [4.69, 9.17) is 0 Å². The molecule has 0 atom stereocenters. The van der Waals surface area contributed by atoms with Crippen molar-refractivity contribution in [1.29, 1.82) is 0 Å². The number of allylic oxidation sites excluding steroid dienone is 1. The standard InChI is InChI=1S/C24H21N5O3S2/c1-2-16-29-23(19-12-14-25-15-13-19)26-27-24(29)33-17-22(30)18-8-10-20(11-9-18)28-34(31,32)21-6-4-3-5-7-21/h2-15,28H,1,16-17H2. The molecular weight excluding hydrogens is 470 g/mol. The van der Waals surface area contributed by atoms with Gasteiger partial charge in [-0.05, 0) is 48.5 Å². The number of carbonyl (C=O) groups excluding carboxylic acids is 1. The summed E-state index contributed by atoms with van der Waals surface area (Å²) in [4.78, 5) is 16.9. The van der Waals surface area contributed by atoms with Gasteiger partial charge in [-0.15, -0.1) is 16.8 Å². The van der Waals surface area contributed by atoms with E-state index < -0.39 is 10.0 Å². The van der Waals surface area contributed by atoms with Crippen LogP contribution >= 0.6 is 11.8 Å². The van der Waals surface area contributed by atoms with Crippen molar-refractivity contribution in [3.8, 4) is 11.4 Å². The number of aromatic nitrogens is 4. The molecule has 34 heavy (non-hydrogen) atoms. The normalized spacial score (nSPS) is 11.2. The van der Waals surface area contributed by atoms with Gasteiger partial charge in [0, 0.05) is 35.8 Å². The maximum Gasteiger partial charge on any atom is 0.261 e. The minimum absolute atomic E-state index is 0.110. The van der Waals surface area contributed by atoms with Crippen LogP contribution in [0.1, 0.15) is 10.4 Å². The molecular formula is C24H21N5O3S2. The van der Waals surface area contributed by atoms with E-state index in [2.05, 4.69) is 26.5 Å². The van der Waals surface area contributed by atoms with Crippen molar-refractivity contribution < 1.29 is 13.2 Å². The zero-order valence-corrected chi connectivity index (χ0v) is 19.7. The number of Topliss-reactive ketones (excluding diaryl/α,β-unsaturated/α-hetero) is 1. The molecule has 10 heteroatoms. The Kier molecular flexibility index (Phi) is 7.19. The molecule has 0 unspecified atom stereocenters. The average molecular weight is 492 g/mol. The van der Waals surface area contributed by atoms with E-state index in [1.807, 2.05) is 16.7 Å². The van der Waals surface area contributed by atoms with Crippen molar-refractivity contribution in [2.45, 2.75) is 16.6 Å². The molecule has 0 aliphatic rings. The van der Waals surface area contributed by atoms with E-state index in [0.29, 0.717) is 28.8 Å². The molecule has 0 bridgehead atoms. The number of nitrogens with one attached hydrogen (secondary N) is 1. The van der Waals surface area contributed by atoms with Gasteiger partial charge in [-0.3, -0.25) is 19.1 Å². The molecule has 2 aromatic heterocycles. The molecule has 0 amide bonds. The average Bonchev–Trinajstić information content (AvgIpc) is 3.26. The van der Waals surface area contributed by atoms with Crippen molar-refractivity contribution >= 4 is 33.3 Å². The fourth-order valence-corrected chi connectivity index (χ4v) is 5.08. The van der Waals surface area contributed by atoms with E-state index in [1.54, 1.807) is 60.9 Å².